The predicted molar refractivity (Wildman–Crippen MR) is 73.7 cm³/mol. The minimum absolute atomic E-state index is 0.128. The summed E-state index contributed by atoms with van der Waals surface area (Å²) in [6, 6.07) is -0.640. The minimum atomic E-state index is -0.833. The number of aliphatic carboxylic acids is 1. The van der Waals surface area contributed by atoms with Gasteiger partial charge in [-0.1, -0.05) is 0 Å². The molecule has 1 fully saturated rings. The van der Waals surface area contributed by atoms with E-state index in [2.05, 4.69) is 20.5 Å². The van der Waals surface area contributed by atoms with Crippen molar-refractivity contribution in [1.82, 2.24) is 30.3 Å². The first-order chi connectivity index (χ1) is 10.1. The van der Waals surface area contributed by atoms with Gasteiger partial charge in [-0.25, -0.2) is 9.78 Å². The van der Waals surface area contributed by atoms with Gasteiger partial charge in [0.05, 0.1) is 0 Å². The van der Waals surface area contributed by atoms with Crippen LogP contribution >= 0.6 is 0 Å². The lowest BCUT2D eigenvalue weighted by atomic mass is 10.2. The van der Waals surface area contributed by atoms with Crippen molar-refractivity contribution >= 4 is 12.0 Å². The summed E-state index contributed by atoms with van der Waals surface area (Å²) < 4.78 is 0. The third kappa shape index (κ3) is 4.15. The van der Waals surface area contributed by atoms with Gasteiger partial charge in [0.25, 0.3) is 0 Å². The van der Waals surface area contributed by atoms with E-state index in [0.29, 0.717) is 39.1 Å². The molecule has 0 aliphatic carbocycles. The van der Waals surface area contributed by atoms with E-state index < -0.39 is 12.0 Å². The Morgan fingerprint density at radius 2 is 2.14 bits per heavy atom. The summed E-state index contributed by atoms with van der Waals surface area (Å²) in [5.74, 6) is -0.102. The number of hydrogen-bond donors (Lipinski definition) is 3. The number of hydrogen-bond acceptors (Lipinski definition) is 5. The molecule has 116 valence electrons. The van der Waals surface area contributed by atoms with E-state index in [-0.39, 0.29) is 6.03 Å². The molecule has 1 aromatic rings. The van der Waals surface area contributed by atoms with Gasteiger partial charge in [0.1, 0.15) is 18.2 Å². The molecule has 2 rings (SSSR count). The molecule has 21 heavy (non-hydrogen) atoms. The highest BCUT2D eigenvalue weighted by Crippen LogP contribution is 2.06. The standard InChI is InChI=1S/C12H20N6O3/c1-9(11(19)20)17-4-6-18(7-5-17)12(21)13-3-2-10-14-8-15-16-10/h8-9H,2-7H2,1H3,(H,13,21)(H,19,20)(H,14,15,16). The van der Waals surface area contributed by atoms with E-state index in [9.17, 15) is 9.59 Å². The summed E-state index contributed by atoms with van der Waals surface area (Å²) in [7, 11) is 0. The molecule has 0 saturated carbocycles. The number of carboxylic acids is 1. The number of amides is 2. The van der Waals surface area contributed by atoms with Crippen molar-refractivity contribution in [2.75, 3.05) is 32.7 Å². The van der Waals surface area contributed by atoms with Crippen LogP contribution in [0.1, 0.15) is 12.7 Å². The first-order valence-corrected chi connectivity index (χ1v) is 6.92. The Balaban J connectivity index is 1.69. The number of rotatable bonds is 5. The van der Waals surface area contributed by atoms with E-state index in [4.69, 9.17) is 5.11 Å². The number of nitrogens with one attached hydrogen (secondary N) is 2. The molecule has 1 aliphatic heterocycles. The Bertz CT molecular complexity index is 469. The largest absolute Gasteiger partial charge is 0.480 e. The van der Waals surface area contributed by atoms with Crippen molar-refractivity contribution in [2.24, 2.45) is 0 Å². The van der Waals surface area contributed by atoms with Gasteiger partial charge >= 0.3 is 12.0 Å². The molecule has 9 nitrogen and oxygen atoms in total. The second-order valence-electron chi connectivity index (χ2n) is 4.95. The Morgan fingerprint density at radius 3 is 2.71 bits per heavy atom. The molecule has 3 N–H and O–H groups in total. The number of carboxylic acid groups (broad SMARTS) is 1. The summed E-state index contributed by atoms with van der Waals surface area (Å²) in [5, 5.41) is 18.3. The van der Waals surface area contributed by atoms with Crippen molar-refractivity contribution in [3.63, 3.8) is 0 Å². The predicted octanol–water partition coefficient (Wildman–Crippen LogP) is -0.852. The quantitative estimate of drug-likeness (QED) is 0.652. The molecular formula is C12H20N6O3. The number of aromatic nitrogens is 3. The van der Waals surface area contributed by atoms with Crippen LogP contribution in [0, 0.1) is 0 Å². The fourth-order valence-corrected chi connectivity index (χ4v) is 2.22. The van der Waals surface area contributed by atoms with E-state index in [1.807, 2.05) is 4.90 Å². The lowest BCUT2D eigenvalue weighted by Crippen LogP contribution is -2.55. The summed E-state index contributed by atoms with van der Waals surface area (Å²) in [6.45, 7) is 4.36. The van der Waals surface area contributed by atoms with Gasteiger partial charge in [-0.2, -0.15) is 5.10 Å². The molecule has 1 atom stereocenters. The molecule has 0 spiro atoms. The number of nitrogens with zero attached hydrogens (tertiary/aromatic N) is 4. The maximum Gasteiger partial charge on any atom is 0.320 e. The fraction of sp³-hybridized carbons (Fsp3) is 0.667. The van der Waals surface area contributed by atoms with Gasteiger partial charge < -0.3 is 15.3 Å². The highest BCUT2D eigenvalue weighted by atomic mass is 16.4. The van der Waals surface area contributed by atoms with Crippen LogP contribution in [0.15, 0.2) is 6.33 Å². The van der Waals surface area contributed by atoms with Crippen LogP contribution in [-0.4, -0.2) is 80.9 Å². The second kappa shape index (κ2) is 7.02. The summed E-state index contributed by atoms with van der Waals surface area (Å²) in [4.78, 5) is 30.4. The summed E-state index contributed by atoms with van der Waals surface area (Å²) >= 11 is 0. The zero-order valence-electron chi connectivity index (χ0n) is 11.9. The van der Waals surface area contributed by atoms with Crippen LogP contribution in [0.5, 0.6) is 0 Å². The van der Waals surface area contributed by atoms with Crippen molar-refractivity contribution in [3.05, 3.63) is 12.2 Å². The molecule has 0 aromatic carbocycles. The van der Waals surface area contributed by atoms with Gasteiger partial charge in [0.15, 0.2) is 0 Å². The van der Waals surface area contributed by atoms with E-state index in [0.717, 1.165) is 5.82 Å². The normalized spacial score (nSPS) is 17.5. The Kier molecular flexibility index (Phi) is 5.09. The first kappa shape index (κ1) is 15.2. The van der Waals surface area contributed by atoms with Crippen LogP contribution in [-0.2, 0) is 11.2 Å². The molecular weight excluding hydrogens is 276 g/mol. The Morgan fingerprint density at radius 1 is 1.43 bits per heavy atom. The highest BCUT2D eigenvalue weighted by Gasteiger charge is 2.26. The molecule has 0 bridgehead atoms. The van der Waals surface area contributed by atoms with Crippen LogP contribution in [0.4, 0.5) is 4.79 Å². The smallest absolute Gasteiger partial charge is 0.320 e. The average molecular weight is 296 g/mol. The number of aromatic amines is 1. The van der Waals surface area contributed by atoms with Gasteiger partial charge in [-0.15, -0.1) is 0 Å². The minimum Gasteiger partial charge on any atom is -0.480 e. The molecule has 2 amide bonds. The fourth-order valence-electron chi connectivity index (χ4n) is 2.22. The third-order valence-corrected chi connectivity index (χ3v) is 3.61. The van der Waals surface area contributed by atoms with Crippen LogP contribution < -0.4 is 5.32 Å². The maximum absolute atomic E-state index is 12.0. The molecule has 1 aliphatic rings. The SMILES string of the molecule is CC(C(=O)O)N1CCN(C(=O)NCCc2ncn[nH]2)CC1. The molecule has 2 heterocycles. The lowest BCUT2D eigenvalue weighted by molar-refractivity contribution is -0.143. The summed E-state index contributed by atoms with van der Waals surface area (Å²) in [6.07, 6.45) is 2.03. The van der Waals surface area contributed by atoms with Crippen LogP contribution in [0.3, 0.4) is 0 Å². The number of urea groups is 1. The topological polar surface area (TPSA) is 114 Å². The average Bonchev–Trinajstić information content (AvgIpc) is 2.99. The number of carbonyl (C=O) groups is 2. The van der Waals surface area contributed by atoms with Crippen molar-refractivity contribution < 1.29 is 14.7 Å². The van der Waals surface area contributed by atoms with Gasteiger partial charge in [0, 0.05) is 39.1 Å². The van der Waals surface area contributed by atoms with Crippen molar-refractivity contribution in [1.29, 1.82) is 0 Å². The number of H-pyrrole nitrogens is 1. The first-order valence-electron chi connectivity index (χ1n) is 6.92. The van der Waals surface area contributed by atoms with E-state index in [1.54, 1.807) is 11.8 Å². The Hall–Kier alpha value is -2.16. The third-order valence-electron chi connectivity index (χ3n) is 3.61. The molecule has 9 heteroatoms. The van der Waals surface area contributed by atoms with Crippen molar-refractivity contribution in [2.45, 2.75) is 19.4 Å². The van der Waals surface area contributed by atoms with E-state index in [1.165, 1.54) is 6.33 Å². The maximum atomic E-state index is 12.0. The van der Waals surface area contributed by atoms with Gasteiger partial charge in [-0.3, -0.25) is 14.8 Å². The van der Waals surface area contributed by atoms with Gasteiger partial charge in [0.2, 0.25) is 0 Å². The zero-order chi connectivity index (χ0) is 15.2. The van der Waals surface area contributed by atoms with Crippen LogP contribution in [0.2, 0.25) is 0 Å². The number of carbonyl (C=O) groups excluding carboxylic acids is 1. The number of piperazine rings is 1. The van der Waals surface area contributed by atoms with Crippen LogP contribution in [0.25, 0.3) is 0 Å². The monoisotopic (exact) mass is 296 g/mol. The molecule has 1 unspecified atom stereocenters. The second-order valence-corrected chi connectivity index (χ2v) is 4.95. The molecule has 0 radical (unpaired) electrons. The lowest BCUT2D eigenvalue weighted by Gasteiger charge is -2.36. The molecule has 1 saturated heterocycles. The van der Waals surface area contributed by atoms with Crippen molar-refractivity contribution in [3.8, 4) is 0 Å². The Labute approximate surface area is 122 Å². The highest BCUT2D eigenvalue weighted by molar-refractivity contribution is 5.74. The zero-order valence-corrected chi connectivity index (χ0v) is 11.9. The van der Waals surface area contributed by atoms with E-state index >= 15 is 0 Å². The van der Waals surface area contributed by atoms with Gasteiger partial charge in [-0.05, 0) is 6.92 Å². The summed E-state index contributed by atoms with van der Waals surface area (Å²) in [5.41, 5.74) is 0. The molecule has 1 aromatic heterocycles.